The van der Waals surface area contributed by atoms with Gasteiger partial charge in [0, 0.05) is 6.42 Å². The fraction of sp³-hybridized carbons (Fsp3) is 0.818. The molecule has 1 aliphatic rings. The number of alkyl halides is 3. The Morgan fingerprint density at radius 3 is 2.84 bits per heavy atom. The second-order valence-electron chi connectivity index (χ2n) is 4.60. The van der Waals surface area contributed by atoms with Crippen molar-refractivity contribution in [2.45, 2.75) is 32.0 Å². The summed E-state index contributed by atoms with van der Waals surface area (Å²) in [4.78, 5) is 4.06. The summed E-state index contributed by atoms with van der Waals surface area (Å²) >= 11 is 0. The number of hydrogen-bond acceptors (Lipinski definition) is 5. The average molecular weight is 279 g/mol. The minimum Gasteiger partial charge on any atom is -0.372 e. The zero-order valence-corrected chi connectivity index (χ0v) is 10.4. The maximum Gasteiger partial charge on any atom is 0.411 e. The quantitative estimate of drug-likeness (QED) is 0.734. The molecule has 0 saturated heterocycles. The molecule has 0 atom stereocenters. The van der Waals surface area contributed by atoms with Crippen LogP contribution in [0.1, 0.15) is 24.6 Å². The smallest absolute Gasteiger partial charge is 0.372 e. The van der Waals surface area contributed by atoms with E-state index < -0.39 is 12.8 Å². The number of nitrogens with one attached hydrogen (secondary N) is 1. The van der Waals surface area contributed by atoms with Crippen LogP contribution in [-0.4, -0.2) is 36.1 Å². The molecule has 1 aliphatic carbocycles. The number of halogens is 3. The van der Waals surface area contributed by atoms with Gasteiger partial charge in [0.15, 0.2) is 5.82 Å². The summed E-state index contributed by atoms with van der Waals surface area (Å²) < 4.78 is 44.9. The van der Waals surface area contributed by atoms with E-state index in [-0.39, 0.29) is 13.0 Å². The van der Waals surface area contributed by atoms with Gasteiger partial charge in [-0.3, -0.25) is 0 Å². The van der Waals surface area contributed by atoms with E-state index >= 15 is 0 Å². The third kappa shape index (κ3) is 6.02. The van der Waals surface area contributed by atoms with Gasteiger partial charge in [0.2, 0.25) is 5.89 Å². The second-order valence-corrected chi connectivity index (χ2v) is 4.60. The van der Waals surface area contributed by atoms with Gasteiger partial charge in [-0.2, -0.15) is 18.2 Å². The number of hydrogen-bond donors (Lipinski definition) is 1. The molecule has 1 N–H and O–H groups in total. The summed E-state index contributed by atoms with van der Waals surface area (Å²) in [5, 5.41) is 6.86. The van der Waals surface area contributed by atoms with Crippen molar-refractivity contribution >= 4 is 0 Å². The fourth-order valence-corrected chi connectivity index (χ4v) is 1.52. The van der Waals surface area contributed by atoms with E-state index in [4.69, 9.17) is 4.52 Å². The van der Waals surface area contributed by atoms with Crippen LogP contribution in [0.3, 0.4) is 0 Å². The summed E-state index contributed by atoms with van der Waals surface area (Å²) in [6.07, 6.45) is -1.56. The zero-order valence-electron chi connectivity index (χ0n) is 10.4. The van der Waals surface area contributed by atoms with Crippen LogP contribution in [0.5, 0.6) is 0 Å². The van der Waals surface area contributed by atoms with Crippen molar-refractivity contribution in [3.05, 3.63) is 11.7 Å². The standard InChI is InChI=1S/C11H16F3N3O2/c12-11(13,14)7-18-4-3-9-16-10(19-17-9)6-15-5-8-1-2-8/h8,15H,1-7H2. The highest BCUT2D eigenvalue weighted by Crippen LogP contribution is 2.27. The molecule has 0 aliphatic heterocycles. The Morgan fingerprint density at radius 2 is 2.16 bits per heavy atom. The summed E-state index contributed by atoms with van der Waals surface area (Å²) in [6, 6.07) is 0. The first-order valence-electron chi connectivity index (χ1n) is 6.19. The molecule has 19 heavy (non-hydrogen) atoms. The van der Waals surface area contributed by atoms with Crippen LogP contribution in [0, 0.1) is 5.92 Å². The minimum absolute atomic E-state index is 0.0754. The van der Waals surface area contributed by atoms with Crippen LogP contribution < -0.4 is 5.32 Å². The Morgan fingerprint density at radius 1 is 1.37 bits per heavy atom. The monoisotopic (exact) mass is 279 g/mol. The Balaban J connectivity index is 1.59. The van der Waals surface area contributed by atoms with Crippen LogP contribution in [0.4, 0.5) is 13.2 Å². The molecule has 8 heteroatoms. The minimum atomic E-state index is -4.30. The molecule has 0 aromatic carbocycles. The van der Waals surface area contributed by atoms with E-state index in [0.717, 1.165) is 12.5 Å². The second kappa shape index (κ2) is 6.33. The Bertz CT molecular complexity index is 391. The van der Waals surface area contributed by atoms with Crippen LogP contribution in [0.15, 0.2) is 4.52 Å². The predicted molar refractivity (Wildman–Crippen MR) is 59.3 cm³/mol. The molecule has 0 bridgehead atoms. The fourth-order valence-electron chi connectivity index (χ4n) is 1.52. The van der Waals surface area contributed by atoms with E-state index in [1.165, 1.54) is 12.8 Å². The number of rotatable bonds is 8. The predicted octanol–water partition coefficient (Wildman–Crippen LogP) is 1.69. The lowest BCUT2D eigenvalue weighted by Gasteiger charge is -2.05. The molecular formula is C11H16F3N3O2. The molecule has 1 aromatic heterocycles. The molecule has 1 fully saturated rings. The van der Waals surface area contributed by atoms with Gasteiger partial charge in [-0.25, -0.2) is 0 Å². The van der Waals surface area contributed by atoms with Crippen LogP contribution >= 0.6 is 0 Å². The Labute approximate surface area is 108 Å². The maximum atomic E-state index is 11.8. The average Bonchev–Trinajstić information content (AvgIpc) is 3.03. The topological polar surface area (TPSA) is 60.2 Å². The number of ether oxygens (including phenoxy) is 1. The molecule has 5 nitrogen and oxygen atoms in total. The molecule has 2 rings (SSSR count). The first-order valence-corrected chi connectivity index (χ1v) is 6.19. The van der Waals surface area contributed by atoms with Crippen molar-refractivity contribution in [2.75, 3.05) is 19.8 Å². The molecule has 0 amide bonds. The summed E-state index contributed by atoms with van der Waals surface area (Å²) in [5.41, 5.74) is 0. The van der Waals surface area contributed by atoms with Gasteiger partial charge >= 0.3 is 6.18 Å². The van der Waals surface area contributed by atoms with Crippen molar-refractivity contribution in [3.8, 4) is 0 Å². The van der Waals surface area contributed by atoms with E-state index in [1.54, 1.807) is 0 Å². The molecule has 0 unspecified atom stereocenters. The Kier molecular flexibility index (Phi) is 4.76. The summed E-state index contributed by atoms with van der Waals surface area (Å²) in [6.45, 7) is 0.105. The van der Waals surface area contributed by atoms with Gasteiger partial charge in [0.05, 0.1) is 13.2 Å². The van der Waals surface area contributed by atoms with Gasteiger partial charge in [-0.15, -0.1) is 0 Å². The number of aromatic nitrogens is 2. The summed E-state index contributed by atoms with van der Waals surface area (Å²) in [7, 11) is 0. The van der Waals surface area contributed by atoms with Gasteiger partial charge < -0.3 is 14.6 Å². The van der Waals surface area contributed by atoms with E-state index in [1.807, 2.05) is 0 Å². The van der Waals surface area contributed by atoms with Crippen molar-refractivity contribution in [1.82, 2.24) is 15.5 Å². The van der Waals surface area contributed by atoms with E-state index in [9.17, 15) is 13.2 Å². The molecule has 1 aromatic rings. The SMILES string of the molecule is FC(F)(F)COCCc1noc(CNCC2CC2)n1. The summed E-state index contributed by atoms with van der Waals surface area (Å²) in [5.74, 6) is 1.58. The van der Waals surface area contributed by atoms with Gasteiger partial charge in [-0.05, 0) is 25.3 Å². The largest absolute Gasteiger partial charge is 0.411 e. The third-order valence-electron chi connectivity index (χ3n) is 2.65. The lowest BCUT2D eigenvalue weighted by atomic mass is 10.4. The van der Waals surface area contributed by atoms with Crippen LogP contribution in [-0.2, 0) is 17.7 Å². The zero-order chi connectivity index (χ0) is 13.7. The highest BCUT2D eigenvalue weighted by molar-refractivity contribution is 4.86. The molecular weight excluding hydrogens is 263 g/mol. The normalized spacial score (nSPS) is 15.9. The van der Waals surface area contributed by atoms with Crippen molar-refractivity contribution in [2.24, 2.45) is 5.92 Å². The first-order chi connectivity index (χ1) is 9.03. The molecule has 1 saturated carbocycles. The number of nitrogens with zero attached hydrogens (tertiary/aromatic N) is 2. The Hall–Kier alpha value is -1.15. The highest BCUT2D eigenvalue weighted by Gasteiger charge is 2.27. The van der Waals surface area contributed by atoms with Gasteiger partial charge in [-0.1, -0.05) is 5.16 Å². The van der Waals surface area contributed by atoms with Gasteiger partial charge in [0.1, 0.15) is 6.61 Å². The first kappa shape index (κ1) is 14.3. The van der Waals surface area contributed by atoms with E-state index in [0.29, 0.717) is 18.3 Å². The lowest BCUT2D eigenvalue weighted by molar-refractivity contribution is -0.173. The van der Waals surface area contributed by atoms with Crippen LogP contribution in [0.25, 0.3) is 0 Å². The maximum absolute atomic E-state index is 11.8. The van der Waals surface area contributed by atoms with Crippen LogP contribution in [0.2, 0.25) is 0 Å². The van der Waals surface area contributed by atoms with Crippen molar-refractivity contribution < 1.29 is 22.4 Å². The van der Waals surface area contributed by atoms with Gasteiger partial charge in [0.25, 0.3) is 0 Å². The van der Waals surface area contributed by atoms with Crippen molar-refractivity contribution in [3.63, 3.8) is 0 Å². The molecule has 1 heterocycles. The third-order valence-corrected chi connectivity index (χ3v) is 2.65. The lowest BCUT2D eigenvalue weighted by Crippen LogP contribution is -2.18. The molecule has 0 spiro atoms. The van der Waals surface area contributed by atoms with E-state index in [2.05, 4.69) is 20.2 Å². The molecule has 108 valence electrons. The molecule has 0 radical (unpaired) electrons. The van der Waals surface area contributed by atoms with Crippen molar-refractivity contribution in [1.29, 1.82) is 0 Å². The highest BCUT2D eigenvalue weighted by atomic mass is 19.4.